The maximum absolute atomic E-state index is 5.67. The SMILES string of the molecule is Cc1cccc(Oc2nc(N)nc(Cl)n2)c1C. The van der Waals surface area contributed by atoms with Crippen molar-refractivity contribution in [1.82, 2.24) is 15.0 Å². The van der Waals surface area contributed by atoms with Crippen LogP contribution in [0.15, 0.2) is 18.2 Å². The molecule has 2 rings (SSSR count). The summed E-state index contributed by atoms with van der Waals surface area (Å²) in [6.07, 6.45) is 0. The topological polar surface area (TPSA) is 73.9 Å². The maximum atomic E-state index is 5.67. The molecule has 2 N–H and O–H groups in total. The van der Waals surface area contributed by atoms with E-state index in [0.29, 0.717) is 5.75 Å². The molecular formula is C11H11ClN4O. The molecule has 1 aromatic carbocycles. The van der Waals surface area contributed by atoms with Crippen LogP contribution in [0.25, 0.3) is 0 Å². The summed E-state index contributed by atoms with van der Waals surface area (Å²) in [6, 6.07) is 5.81. The van der Waals surface area contributed by atoms with Crippen LogP contribution in [0, 0.1) is 13.8 Å². The number of rotatable bonds is 2. The van der Waals surface area contributed by atoms with E-state index in [4.69, 9.17) is 22.1 Å². The average Bonchev–Trinajstić information content (AvgIpc) is 2.23. The molecule has 0 spiro atoms. The van der Waals surface area contributed by atoms with E-state index >= 15 is 0 Å². The van der Waals surface area contributed by atoms with Gasteiger partial charge in [-0.1, -0.05) is 12.1 Å². The van der Waals surface area contributed by atoms with E-state index in [1.165, 1.54) is 0 Å². The summed E-state index contributed by atoms with van der Waals surface area (Å²) < 4.78 is 5.52. The van der Waals surface area contributed by atoms with E-state index in [0.717, 1.165) is 11.1 Å². The molecule has 0 amide bonds. The molecule has 6 heteroatoms. The van der Waals surface area contributed by atoms with Crippen molar-refractivity contribution in [2.75, 3.05) is 5.73 Å². The molecule has 0 saturated carbocycles. The van der Waals surface area contributed by atoms with Gasteiger partial charge in [0.1, 0.15) is 5.75 Å². The fourth-order valence-corrected chi connectivity index (χ4v) is 1.48. The first-order valence-corrected chi connectivity index (χ1v) is 5.35. The van der Waals surface area contributed by atoms with Crippen LogP contribution in [-0.2, 0) is 0 Å². The number of aryl methyl sites for hydroxylation is 1. The van der Waals surface area contributed by atoms with Gasteiger partial charge in [0.15, 0.2) is 0 Å². The monoisotopic (exact) mass is 250 g/mol. The molecule has 0 bridgehead atoms. The highest BCUT2D eigenvalue weighted by Gasteiger charge is 2.07. The number of nitrogen functional groups attached to an aromatic ring is 1. The lowest BCUT2D eigenvalue weighted by Gasteiger charge is -2.08. The van der Waals surface area contributed by atoms with Crippen LogP contribution < -0.4 is 10.5 Å². The predicted octanol–water partition coefficient (Wildman–Crippen LogP) is 2.52. The smallest absolute Gasteiger partial charge is 0.328 e. The van der Waals surface area contributed by atoms with Gasteiger partial charge in [-0.2, -0.15) is 15.0 Å². The minimum absolute atomic E-state index is 0.0119. The van der Waals surface area contributed by atoms with E-state index < -0.39 is 0 Å². The third kappa shape index (κ3) is 2.62. The molecule has 1 heterocycles. The van der Waals surface area contributed by atoms with Crippen LogP contribution in [0.1, 0.15) is 11.1 Å². The number of anilines is 1. The Morgan fingerprint density at radius 2 is 1.94 bits per heavy atom. The second-order valence-electron chi connectivity index (χ2n) is 3.55. The largest absolute Gasteiger partial charge is 0.424 e. The third-order valence-electron chi connectivity index (χ3n) is 2.36. The highest BCUT2D eigenvalue weighted by atomic mass is 35.5. The summed E-state index contributed by atoms with van der Waals surface area (Å²) in [5.74, 6) is 0.706. The molecule has 88 valence electrons. The van der Waals surface area contributed by atoms with E-state index in [1.54, 1.807) is 0 Å². The first-order valence-electron chi connectivity index (χ1n) is 4.97. The third-order valence-corrected chi connectivity index (χ3v) is 2.53. The summed E-state index contributed by atoms with van der Waals surface area (Å²) in [5, 5.41) is 0.0119. The van der Waals surface area contributed by atoms with Gasteiger partial charge in [-0.25, -0.2) is 0 Å². The van der Waals surface area contributed by atoms with Crippen molar-refractivity contribution in [3.05, 3.63) is 34.6 Å². The van der Waals surface area contributed by atoms with Gasteiger partial charge in [-0.05, 0) is 42.6 Å². The van der Waals surface area contributed by atoms with E-state index in [1.807, 2.05) is 32.0 Å². The van der Waals surface area contributed by atoms with Crippen LogP contribution in [0.4, 0.5) is 5.95 Å². The number of aromatic nitrogens is 3. The van der Waals surface area contributed by atoms with Gasteiger partial charge in [-0.3, -0.25) is 0 Å². The molecular weight excluding hydrogens is 240 g/mol. The van der Waals surface area contributed by atoms with Gasteiger partial charge in [-0.15, -0.1) is 0 Å². The zero-order valence-electron chi connectivity index (χ0n) is 9.44. The van der Waals surface area contributed by atoms with Gasteiger partial charge in [0, 0.05) is 0 Å². The number of nitrogens with zero attached hydrogens (tertiary/aromatic N) is 3. The van der Waals surface area contributed by atoms with Crippen LogP contribution in [0.3, 0.4) is 0 Å². The highest BCUT2D eigenvalue weighted by molar-refractivity contribution is 6.28. The average molecular weight is 251 g/mol. The molecule has 0 saturated heterocycles. The zero-order valence-corrected chi connectivity index (χ0v) is 10.2. The van der Waals surface area contributed by atoms with Crippen molar-refractivity contribution >= 4 is 17.5 Å². The standard InChI is InChI=1S/C11H11ClN4O/c1-6-4-3-5-8(7(6)2)17-11-15-9(12)14-10(13)16-11/h3-5H,1-2H3,(H2,13,14,15,16). The van der Waals surface area contributed by atoms with Crippen LogP contribution in [0.5, 0.6) is 11.8 Å². The summed E-state index contributed by atoms with van der Waals surface area (Å²) >= 11 is 5.67. The van der Waals surface area contributed by atoms with E-state index in [9.17, 15) is 0 Å². The second kappa shape index (κ2) is 4.55. The van der Waals surface area contributed by atoms with Crippen molar-refractivity contribution in [2.45, 2.75) is 13.8 Å². The Morgan fingerprint density at radius 1 is 1.18 bits per heavy atom. The molecule has 2 aromatic rings. The van der Waals surface area contributed by atoms with E-state index in [2.05, 4.69) is 15.0 Å². The van der Waals surface area contributed by atoms with Gasteiger partial charge in [0.2, 0.25) is 11.2 Å². The Bertz CT molecular complexity index is 539. The fourth-order valence-electron chi connectivity index (χ4n) is 1.33. The maximum Gasteiger partial charge on any atom is 0.328 e. The van der Waals surface area contributed by atoms with Crippen molar-refractivity contribution in [3.8, 4) is 11.8 Å². The second-order valence-corrected chi connectivity index (χ2v) is 3.88. The van der Waals surface area contributed by atoms with Gasteiger partial charge >= 0.3 is 6.01 Å². The molecule has 0 aliphatic heterocycles. The molecule has 5 nitrogen and oxygen atoms in total. The van der Waals surface area contributed by atoms with Crippen molar-refractivity contribution in [2.24, 2.45) is 0 Å². The minimum atomic E-state index is 0.0119. The summed E-state index contributed by atoms with van der Waals surface area (Å²) in [6.45, 7) is 3.95. The lowest BCUT2D eigenvalue weighted by molar-refractivity contribution is 0.437. The number of hydrogen-bond donors (Lipinski definition) is 1. The highest BCUT2D eigenvalue weighted by Crippen LogP contribution is 2.25. The Morgan fingerprint density at radius 3 is 2.65 bits per heavy atom. The summed E-state index contributed by atoms with van der Waals surface area (Å²) in [5.41, 5.74) is 7.59. The normalized spacial score (nSPS) is 10.3. The lowest BCUT2D eigenvalue weighted by atomic mass is 10.1. The molecule has 0 aliphatic rings. The van der Waals surface area contributed by atoms with E-state index in [-0.39, 0.29) is 17.2 Å². The molecule has 0 atom stereocenters. The van der Waals surface area contributed by atoms with Gasteiger partial charge < -0.3 is 10.5 Å². The quantitative estimate of drug-likeness (QED) is 0.887. The van der Waals surface area contributed by atoms with Crippen LogP contribution >= 0.6 is 11.6 Å². The molecule has 0 radical (unpaired) electrons. The number of benzene rings is 1. The Kier molecular flexibility index (Phi) is 3.10. The van der Waals surface area contributed by atoms with Crippen molar-refractivity contribution in [1.29, 1.82) is 0 Å². The molecule has 0 aliphatic carbocycles. The number of halogens is 1. The summed E-state index contributed by atoms with van der Waals surface area (Å²) in [7, 11) is 0. The molecule has 1 aromatic heterocycles. The number of ether oxygens (including phenoxy) is 1. The van der Waals surface area contributed by atoms with Crippen molar-refractivity contribution in [3.63, 3.8) is 0 Å². The zero-order chi connectivity index (χ0) is 12.4. The van der Waals surface area contributed by atoms with Crippen molar-refractivity contribution < 1.29 is 4.74 Å². The predicted molar refractivity (Wildman–Crippen MR) is 65.2 cm³/mol. The molecule has 0 unspecified atom stereocenters. The Hall–Kier alpha value is -1.88. The lowest BCUT2D eigenvalue weighted by Crippen LogP contribution is -2.01. The first-order chi connectivity index (χ1) is 8.06. The summed E-state index contributed by atoms with van der Waals surface area (Å²) in [4.78, 5) is 11.3. The van der Waals surface area contributed by atoms with Crippen LogP contribution in [0.2, 0.25) is 5.28 Å². The fraction of sp³-hybridized carbons (Fsp3) is 0.182. The molecule has 17 heavy (non-hydrogen) atoms. The Labute approximate surface area is 104 Å². The number of hydrogen-bond acceptors (Lipinski definition) is 5. The van der Waals surface area contributed by atoms with Gasteiger partial charge in [0.05, 0.1) is 0 Å². The first kappa shape index (κ1) is 11.6. The van der Waals surface area contributed by atoms with Crippen LogP contribution in [-0.4, -0.2) is 15.0 Å². The van der Waals surface area contributed by atoms with Gasteiger partial charge in [0.25, 0.3) is 0 Å². The molecule has 0 fully saturated rings. The Balaban J connectivity index is 2.34. The number of nitrogens with two attached hydrogens (primary N) is 1. The minimum Gasteiger partial charge on any atom is -0.424 e.